The number of hydrogen-bond acceptors (Lipinski definition) is 2. The molecule has 2 atom stereocenters. The van der Waals surface area contributed by atoms with Crippen LogP contribution in [-0.4, -0.2) is 22.9 Å². The summed E-state index contributed by atoms with van der Waals surface area (Å²) in [7, 11) is 0. The van der Waals surface area contributed by atoms with Gasteiger partial charge in [-0.05, 0) is 31.6 Å². The van der Waals surface area contributed by atoms with Crippen LogP contribution in [0.5, 0.6) is 0 Å². The first kappa shape index (κ1) is 11.9. The zero-order chi connectivity index (χ0) is 9.40. The highest BCUT2D eigenvalue weighted by Gasteiger charge is 2.10. The number of aliphatic hydroxyl groups is 2. The van der Waals surface area contributed by atoms with E-state index in [1.807, 2.05) is 6.92 Å². The molecule has 0 bridgehead atoms. The summed E-state index contributed by atoms with van der Waals surface area (Å²) in [5, 5.41) is 18.0. The van der Waals surface area contributed by atoms with Gasteiger partial charge < -0.3 is 10.2 Å². The van der Waals surface area contributed by atoms with Gasteiger partial charge in [0, 0.05) is 6.61 Å². The van der Waals surface area contributed by atoms with Crippen LogP contribution in [0.3, 0.4) is 0 Å². The van der Waals surface area contributed by atoms with Crippen LogP contribution in [-0.2, 0) is 0 Å². The van der Waals surface area contributed by atoms with Gasteiger partial charge in [-0.15, -0.1) is 0 Å². The fourth-order valence-electron chi connectivity index (χ4n) is 1.42. The van der Waals surface area contributed by atoms with Crippen LogP contribution < -0.4 is 0 Å². The van der Waals surface area contributed by atoms with Crippen LogP contribution >= 0.6 is 0 Å². The van der Waals surface area contributed by atoms with E-state index in [9.17, 15) is 5.11 Å². The second kappa shape index (κ2) is 7.56. The van der Waals surface area contributed by atoms with Crippen molar-refractivity contribution in [2.24, 2.45) is 5.92 Å². The molecule has 0 aromatic rings. The van der Waals surface area contributed by atoms with E-state index >= 15 is 0 Å². The van der Waals surface area contributed by atoms with E-state index in [4.69, 9.17) is 5.11 Å². The smallest absolute Gasteiger partial charge is 0.0540 e. The zero-order valence-corrected chi connectivity index (χ0v) is 8.29. The Labute approximate surface area is 75.6 Å². The molecule has 0 saturated heterocycles. The highest BCUT2D eigenvalue weighted by atomic mass is 16.3. The zero-order valence-electron chi connectivity index (χ0n) is 8.29. The molecule has 0 radical (unpaired) electrons. The van der Waals surface area contributed by atoms with E-state index in [1.165, 1.54) is 0 Å². The molecule has 2 unspecified atom stereocenters. The van der Waals surface area contributed by atoms with Gasteiger partial charge in [-0.25, -0.2) is 0 Å². The second-order valence-corrected chi connectivity index (χ2v) is 3.44. The van der Waals surface area contributed by atoms with Crippen molar-refractivity contribution in [3.8, 4) is 0 Å². The summed E-state index contributed by atoms with van der Waals surface area (Å²) in [5.41, 5.74) is 0. The van der Waals surface area contributed by atoms with E-state index in [0.29, 0.717) is 5.92 Å². The van der Waals surface area contributed by atoms with Crippen LogP contribution in [0.2, 0.25) is 0 Å². The maximum atomic E-state index is 9.40. The monoisotopic (exact) mass is 174 g/mol. The number of aliphatic hydroxyl groups excluding tert-OH is 2. The van der Waals surface area contributed by atoms with Crippen molar-refractivity contribution in [1.82, 2.24) is 0 Å². The Balaban J connectivity index is 3.51. The lowest BCUT2D eigenvalue weighted by Crippen LogP contribution is -2.12. The van der Waals surface area contributed by atoms with Crippen LogP contribution in [0.1, 0.15) is 46.0 Å². The number of rotatable bonds is 7. The molecule has 0 amide bonds. The van der Waals surface area contributed by atoms with Gasteiger partial charge in [0.15, 0.2) is 0 Å². The van der Waals surface area contributed by atoms with Gasteiger partial charge in [0.2, 0.25) is 0 Å². The fraction of sp³-hybridized carbons (Fsp3) is 1.00. The molecule has 0 aromatic heterocycles. The van der Waals surface area contributed by atoms with Crippen LogP contribution in [0, 0.1) is 5.92 Å². The maximum Gasteiger partial charge on any atom is 0.0540 e. The third-order valence-electron chi connectivity index (χ3n) is 2.42. The van der Waals surface area contributed by atoms with E-state index in [1.54, 1.807) is 0 Å². The maximum absolute atomic E-state index is 9.40. The Bertz CT molecular complexity index is 93.8. The van der Waals surface area contributed by atoms with E-state index in [2.05, 4.69) is 6.92 Å². The van der Waals surface area contributed by atoms with E-state index in [0.717, 1.165) is 32.1 Å². The van der Waals surface area contributed by atoms with Crippen LogP contribution in [0.15, 0.2) is 0 Å². The molecule has 2 heteroatoms. The molecule has 0 rings (SSSR count). The molecule has 74 valence electrons. The molecule has 0 aromatic carbocycles. The SMILES string of the molecule is CCC(O)CC(CC)CCCO. The minimum Gasteiger partial charge on any atom is -0.396 e. The Morgan fingerprint density at radius 3 is 2.25 bits per heavy atom. The minimum absolute atomic E-state index is 0.145. The molecule has 0 fully saturated rings. The molecule has 2 nitrogen and oxygen atoms in total. The summed E-state index contributed by atoms with van der Waals surface area (Å²) in [5.74, 6) is 0.590. The lowest BCUT2D eigenvalue weighted by molar-refractivity contribution is 0.131. The van der Waals surface area contributed by atoms with Gasteiger partial charge >= 0.3 is 0 Å². The van der Waals surface area contributed by atoms with Crippen molar-refractivity contribution in [1.29, 1.82) is 0 Å². The first-order valence-corrected chi connectivity index (χ1v) is 5.03. The predicted octanol–water partition coefficient (Wildman–Crippen LogP) is 1.95. The van der Waals surface area contributed by atoms with Gasteiger partial charge in [-0.1, -0.05) is 20.3 Å². The van der Waals surface area contributed by atoms with Crippen molar-refractivity contribution in [2.45, 2.75) is 52.1 Å². The molecular weight excluding hydrogens is 152 g/mol. The Kier molecular flexibility index (Phi) is 7.51. The van der Waals surface area contributed by atoms with Gasteiger partial charge in [0.05, 0.1) is 6.10 Å². The van der Waals surface area contributed by atoms with Gasteiger partial charge in [-0.2, -0.15) is 0 Å². The molecule has 2 N–H and O–H groups in total. The van der Waals surface area contributed by atoms with E-state index < -0.39 is 0 Å². The second-order valence-electron chi connectivity index (χ2n) is 3.44. The lowest BCUT2D eigenvalue weighted by atomic mass is 9.93. The molecule has 0 spiro atoms. The molecular formula is C10H22O2. The topological polar surface area (TPSA) is 40.5 Å². The Hall–Kier alpha value is -0.0800. The largest absolute Gasteiger partial charge is 0.396 e. The summed E-state index contributed by atoms with van der Waals surface area (Å²) in [4.78, 5) is 0. The average molecular weight is 174 g/mol. The molecule has 0 aliphatic rings. The van der Waals surface area contributed by atoms with Gasteiger partial charge in [0.1, 0.15) is 0 Å². The quantitative estimate of drug-likeness (QED) is 0.619. The third kappa shape index (κ3) is 5.56. The highest BCUT2D eigenvalue weighted by Crippen LogP contribution is 2.18. The first-order chi connectivity index (χ1) is 5.74. The summed E-state index contributed by atoms with van der Waals surface area (Å²) in [6.07, 6.45) is 4.62. The third-order valence-corrected chi connectivity index (χ3v) is 2.42. The summed E-state index contributed by atoms with van der Waals surface area (Å²) >= 11 is 0. The summed E-state index contributed by atoms with van der Waals surface area (Å²) < 4.78 is 0. The van der Waals surface area contributed by atoms with Crippen molar-refractivity contribution in [3.63, 3.8) is 0 Å². The molecule has 0 aliphatic carbocycles. The fourth-order valence-corrected chi connectivity index (χ4v) is 1.42. The van der Waals surface area contributed by atoms with Crippen molar-refractivity contribution in [3.05, 3.63) is 0 Å². The molecule has 0 heterocycles. The van der Waals surface area contributed by atoms with Gasteiger partial charge in [-0.3, -0.25) is 0 Å². The van der Waals surface area contributed by atoms with Crippen LogP contribution in [0.4, 0.5) is 0 Å². The van der Waals surface area contributed by atoms with Gasteiger partial charge in [0.25, 0.3) is 0 Å². The molecule has 0 saturated carbocycles. The minimum atomic E-state index is -0.145. The predicted molar refractivity (Wildman–Crippen MR) is 51.0 cm³/mol. The first-order valence-electron chi connectivity index (χ1n) is 5.03. The normalized spacial score (nSPS) is 16.0. The average Bonchev–Trinajstić information content (AvgIpc) is 2.11. The lowest BCUT2D eigenvalue weighted by Gasteiger charge is -2.17. The number of hydrogen-bond donors (Lipinski definition) is 2. The Morgan fingerprint density at radius 2 is 1.83 bits per heavy atom. The highest BCUT2D eigenvalue weighted by molar-refractivity contribution is 4.62. The molecule has 12 heavy (non-hydrogen) atoms. The standard InChI is InChI=1S/C10H22O2/c1-3-9(6-5-7-11)8-10(12)4-2/h9-12H,3-8H2,1-2H3. The van der Waals surface area contributed by atoms with Crippen molar-refractivity contribution in [2.75, 3.05) is 6.61 Å². The molecule has 0 aliphatic heterocycles. The van der Waals surface area contributed by atoms with Crippen LogP contribution in [0.25, 0.3) is 0 Å². The summed E-state index contributed by atoms with van der Waals surface area (Å²) in [6.45, 7) is 4.42. The Morgan fingerprint density at radius 1 is 1.17 bits per heavy atom. The van der Waals surface area contributed by atoms with Crippen molar-refractivity contribution < 1.29 is 10.2 Å². The summed E-state index contributed by atoms with van der Waals surface area (Å²) in [6, 6.07) is 0. The van der Waals surface area contributed by atoms with E-state index in [-0.39, 0.29) is 12.7 Å². The van der Waals surface area contributed by atoms with Crippen molar-refractivity contribution >= 4 is 0 Å².